The average Bonchev–Trinajstić information content (AvgIpc) is 2.70. The Kier molecular flexibility index (Phi) is 3.61. The molecule has 0 radical (unpaired) electrons. The first-order chi connectivity index (χ1) is 6.84. The van der Waals surface area contributed by atoms with Crippen LogP contribution in [0, 0.1) is 9.49 Å². The van der Waals surface area contributed by atoms with Gasteiger partial charge < -0.3 is 4.74 Å². The molecule has 1 aromatic rings. The summed E-state index contributed by atoms with van der Waals surface area (Å²) in [7, 11) is 0. The zero-order chi connectivity index (χ0) is 9.80. The van der Waals surface area contributed by atoms with Crippen molar-refractivity contribution in [2.45, 2.75) is 25.7 Å². The Hall–Kier alpha value is -0.320. The fourth-order valence-electron chi connectivity index (χ4n) is 1.83. The second kappa shape index (κ2) is 4.96. The van der Waals surface area contributed by atoms with Crippen LogP contribution in [-0.2, 0) is 0 Å². The molecular formula is C11H14INO. The van der Waals surface area contributed by atoms with Crippen molar-refractivity contribution in [3.05, 3.63) is 21.9 Å². The number of ether oxygens (including phenoxy) is 1. The van der Waals surface area contributed by atoms with Gasteiger partial charge in [0.2, 0.25) is 5.88 Å². The van der Waals surface area contributed by atoms with Gasteiger partial charge in [-0.05, 0) is 47.4 Å². The fourth-order valence-corrected chi connectivity index (χ4v) is 2.15. The van der Waals surface area contributed by atoms with Crippen LogP contribution in [0.4, 0.5) is 0 Å². The van der Waals surface area contributed by atoms with E-state index in [1.165, 1.54) is 25.7 Å². The van der Waals surface area contributed by atoms with Crippen LogP contribution in [-0.4, -0.2) is 11.6 Å². The maximum atomic E-state index is 5.63. The van der Waals surface area contributed by atoms with E-state index in [4.69, 9.17) is 4.74 Å². The lowest BCUT2D eigenvalue weighted by Gasteiger charge is -2.09. The third-order valence-electron chi connectivity index (χ3n) is 2.64. The van der Waals surface area contributed by atoms with Crippen molar-refractivity contribution in [2.75, 3.05) is 6.61 Å². The van der Waals surface area contributed by atoms with Gasteiger partial charge in [-0.1, -0.05) is 12.8 Å². The number of hydrogen-bond acceptors (Lipinski definition) is 2. The summed E-state index contributed by atoms with van der Waals surface area (Å²) < 4.78 is 6.78. The molecule has 3 heteroatoms. The Bertz CT molecular complexity index is 280. The molecule has 1 aliphatic rings. The first kappa shape index (κ1) is 10.2. The Labute approximate surface area is 98.2 Å². The highest BCUT2D eigenvalue weighted by Gasteiger charge is 2.15. The van der Waals surface area contributed by atoms with Gasteiger partial charge in [0, 0.05) is 15.8 Å². The molecule has 0 aromatic carbocycles. The first-order valence-corrected chi connectivity index (χ1v) is 6.17. The van der Waals surface area contributed by atoms with E-state index in [2.05, 4.69) is 27.6 Å². The quantitative estimate of drug-likeness (QED) is 0.800. The van der Waals surface area contributed by atoms with Gasteiger partial charge in [0.25, 0.3) is 0 Å². The summed E-state index contributed by atoms with van der Waals surface area (Å²) in [6.07, 6.45) is 7.22. The molecule has 1 saturated carbocycles. The van der Waals surface area contributed by atoms with E-state index in [0.717, 1.165) is 22.0 Å². The SMILES string of the molecule is Ic1ccc(OCC2CCCC2)nc1. The molecule has 76 valence electrons. The summed E-state index contributed by atoms with van der Waals surface area (Å²) in [6, 6.07) is 3.97. The molecule has 1 aliphatic carbocycles. The largest absolute Gasteiger partial charge is 0.477 e. The van der Waals surface area contributed by atoms with Crippen molar-refractivity contribution in [1.82, 2.24) is 4.98 Å². The summed E-state index contributed by atoms with van der Waals surface area (Å²) in [4.78, 5) is 4.21. The van der Waals surface area contributed by atoms with Gasteiger partial charge in [-0.3, -0.25) is 0 Å². The van der Waals surface area contributed by atoms with Crippen LogP contribution in [0.3, 0.4) is 0 Å². The minimum Gasteiger partial charge on any atom is -0.477 e. The molecule has 2 rings (SSSR count). The van der Waals surface area contributed by atoms with E-state index >= 15 is 0 Å². The minimum atomic E-state index is 0.760. The number of halogens is 1. The Morgan fingerprint density at radius 1 is 1.36 bits per heavy atom. The molecule has 0 N–H and O–H groups in total. The molecular weight excluding hydrogens is 289 g/mol. The van der Waals surface area contributed by atoms with Crippen LogP contribution in [0.25, 0.3) is 0 Å². The topological polar surface area (TPSA) is 22.1 Å². The lowest BCUT2D eigenvalue weighted by molar-refractivity contribution is 0.243. The summed E-state index contributed by atoms with van der Waals surface area (Å²) >= 11 is 2.24. The maximum Gasteiger partial charge on any atom is 0.213 e. The standard InChI is InChI=1S/C11H14INO/c12-10-5-6-11(13-7-10)14-8-9-3-1-2-4-9/h5-7,9H,1-4,8H2. The zero-order valence-corrected chi connectivity index (χ0v) is 10.2. The smallest absolute Gasteiger partial charge is 0.213 e. The van der Waals surface area contributed by atoms with Gasteiger partial charge in [0.05, 0.1) is 6.61 Å². The normalized spacial score (nSPS) is 17.2. The predicted molar refractivity (Wildman–Crippen MR) is 64.4 cm³/mol. The van der Waals surface area contributed by atoms with Crippen molar-refractivity contribution in [1.29, 1.82) is 0 Å². The lowest BCUT2D eigenvalue weighted by Crippen LogP contribution is -2.08. The summed E-state index contributed by atoms with van der Waals surface area (Å²) in [6.45, 7) is 0.841. The molecule has 0 unspecified atom stereocenters. The van der Waals surface area contributed by atoms with Gasteiger partial charge in [-0.25, -0.2) is 4.98 Å². The minimum absolute atomic E-state index is 0.760. The third-order valence-corrected chi connectivity index (χ3v) is 3.28. The van der Waals surface area contributed by atoms with Gasteiger partial charge in [-0.15, -0.1) is 0 Å². The molecule has 1 heterocycles. The molecule has 1 aromatic heterocycles. The fraction of sp³-hybridized carbons (Fsp3) is 0.545. The number of aromatic nitrogens is 1. The van der Waals surface area contributed by atoms with Gasteiger partial charge in [-0.2, -0.15) is 0 Å². The Balaban J connectivity index is 1.82. The highest BCUT2D eigenvalue weighted by atomic mass is 127. The first-order valence-electron chi connectivity index (χ1n) is 5.09. The molecule has 0 spiro atoms. The summed E-state index contributed by atoms with van der Waals surface area (Å²) in [5.74, 6) is 1.52. The van der Waals surface area contributed by atoms with Gasteiger partial charge in [0.1, 0.15) is 0 Å². The number of nitrogens with zero attached hydrogens (tertiary/aromatic N) is 1. The maximum absolute atomic E-state index is 5.63. The number of hydrogen-bond donors (Lipinski definition) is 0. The summed E-state index contributed by atoms with van der Waals surface area (Å²) in [5.41, 5.74) is 0. The zero-order valence-electron chi connectivity index (χ0n) is 8.08. The van der Waals surface area contributed by atoms with Crippen LogP contribution in [0.5, 0.6) is 5.88 Å². The van der Waals surface area contributed by atoms with Crippen LogP contribution in [0.15, 0.2) is 18.3 Å². The van der Waals surface area contributed by atoms with Crippen molar-refractivity contribution in [3.63, 3.8) is 0 Å². The second-order valence-electron chi connectivity index (χ2n) is 3.78. The molecule has 0 aliphatic heterocycles. The van der Waals surface area contributed by atoms with Crippen LogP contribution < -0.4 is 4.74 Å². The highest BCUT2D eigenvalue weighted by Crippen LogP contribution is 2.25. The molecule has 1 fully saturated rings. The molecule has 14 heavy (non-hydrogen) atoms. The summed E-state index contributed by atoms with van der Waals surface area (Å²) in [5, 5.41) is 0. The lowest BCUT2D eigenvalue weighted by atomic mass is 10.1. The Morgan fingerprint density at radius 3 is 2.79 bits per heavy atom. The monoisotopic (exact) mass is 303 g/mol. The van der Waals surface area contributed by atoms with Crippen molar-refractivity contribution in [3.8, 4) is 5.88 Å². The predicted octanol–water partition coefficient (Wildman–Crippen LogP) is 3.26. The second-order valence-corrected chi connectivity index (χ2v) is 5.02. The van der Waals surface area contributed by atoms with Crippen LogP contribution in [0.2, 0.25) is 0 Å². The van der Waals surface area contributed by atoms with Crippen LogP contribution >= 0.6 is 22.6 Å². The molecule has 0 amide bonds. The number of pyridine rings is 1. The van der Waals surface area contributed by atoms with E-state index in [9.17, 15) is 0 Å². The molecule has 2 nitrogen and oxygen atoms in total. The molecule has 0 saturated heterocycles. The van der Waals surface area contributed by atoms with E-state index in [1.54, 1.807) is 0 Å². The molecule has 0 bridgehead atoms. The number of rotatable bonds is 3. The van der Waals surface area contributed by atoms with E-state index in [-0.39, 0.29) is 0 Å². The highest BCUT2D eigenvalue weighted by molar-refractivity contribution is 14.1. The van der Waals surface area contributed by atoms with E-state index in [1.807, 2.05) is 18.3 Å². The van der Waals surface area contributed by atoms with Gasteiger partial charge >= 0.3 is 0 Å². The van der Waals surface area contributed by atoms with Crippen molar-refractivity contribution >= 4 is 22.6 Å². The third kappa shape index (κ3) is 2.83. The van der Waals surface area contributed by atoms with E-state index < -0.39 is 0 Å². The average molecular weight is 303 g/mol. The van der Waals surface area contributed by atoms with Crippen molar-refractivity contribution in [2.24, 2.45) is 5.92 Å². The van der Waals surface area contributed by atoms with E-state index in [0.29, 0.717) is 0 Å². The Morgan fingerprint density at radius 2 is 2.14 bits per heavy atom. The van der Waals surface area contributed by atoms with Crippen molar-refractivity contribution < 1.29 is 4.74 Å². The van der Waals surface area contributed by atoms with Crippen LogP contribution in [0.1, 0.15) is 25.7 Å². The van der Waals surface area contributed by atoms with Gasteiger partial charge in [0.15, 0.2) is 0 Å². The molecule has 0 atom stereocenters.